The number of dihydropyridines is 1. The van der Waals surface area contributed by atoms with Crippen LogP contribution in [0.3, 0.4) is 0 Å². The molecule has 5 atom stereocenters. The molecule has 5 unspecified atom stereocenters. The highest BCUT2D eigenvalue weighted by atomic mass is 16.5. The molecule has 2 aliphatic rings. The molecule has 4 rings (SSSR count). The first-order valence-corrected chi connectivity index (χ1v) is 15.4. The molecule has 1 aromatic heterocycles. The van der Waals surface area contributed by atoms with Crippen molar-refractivity contribution >= 4 is 0 Å². The Kier molecular flexibility index (Phi) is 12.0. The normalized spacial score (nSPS) is 21.6. The van der Waals surface area contributed by atoms with E-state index in [0.29, 0.717) is 49.9 Å². The molecule has 0 radical (unpaired) electrons. The predicted molar refractivity (Wildman–Crippen MR) is 161 cm³/mol. The number of hydrogen-bond donors (Lipinski definition) is 7. The number of aryl methyl sites for hydroxylation is 1. The standard InChI is InChI=1S/C33H49N3O5/c34-33-21-26(12-16-36-33)27(20-28-5-2-15-35-28)14-18-41-32-19-24(8-11-30(32)39)7-10-29(38)22-31(40)25-4-1-3-23(6-9-25)13-17-37/h2,5,8,11-12,15,19,21,23,25,27,29,31,35-40H,1,3-4,6-7,9-10,13-14,16-18,20,22,34H2. The lowest BCUT2D eigenvalue weighted by atomic mass is 9.89. The first kappa shape index (κ1) is 31.0. The van der Waals surface area contributed by atoms with E-state index in [4.69, 9.17) is 10.5 Å². The minimum absolute atomic E-state index is 0.101. The van der Waals surface area contributed by atoms with Gasteiger partial charge in [0.1, 0.15) is 0 Å². The number of benzene rings is 1. The summed E-state index contributed by atoms with van der Waals surface area (Å²) in [4.78, 5) is 3.28. The van der Waals surface area contributed by atoms with Gasteiger partial charge in [-0.2, -0.15) is 0 Å². The number of aromatic hydroxyl groups is 1. The van der Waals surface area contributed by atoms with Gasteiger partial charge in [-0.25, -0.2) is 0 Å². The summed E-state index contributed by atoms with van der Waals surface area (Å²) < 4.78 is 6.06. The van der Waals surface area contributed by atoms with Gasteiger partial charge < -0.3 is 41.2 Å². The van der Waals surface area contributed by atoms with Crippen molar-refractivity contribution in [3.8, 4) is 11.5 Å². The topological polar surface area (TPSA) is 144 Å². The van der Waals surface area contributed by atoms with Crippen LogP contribution in [0, 0.1) is 17.8 Å². The van der Waals surface area contributed by atoms with Gasteiger partial charge in [0.05, 0.1) is 24.6 Å². The van der Waals surface area contributed by atoms with E-state index in [-0.39, 0.29) is 24.2 Å². The van der Waals surface area contributed by atoms with Gasteiger partial charge in [0, 0.05) is 25.0 Å². The van der Waals surface area contributed by atoms with Crippen LogP contribution in [0.2, 0.25) is 0 Å². The molecule has 226 valence electrons. The van der Waals surface area contributed by atoms with Crippen LogP contribution in [-0.2, 0) is 12.8 Å². The maximum atomic E-state index is 10.8. The lowest BCUT2D eigenvalue weighted by Gasteiger charge is -2.24. The summed E-state index contributed by atoms with van der Waals surface area (Å²) in [6, 6.07) is 9.44. The molecule has 0 saturated heterocycles. The predicted octanol–water partition coefficient (Wildman–Crippen LogP) is 4.30. The number of nitrogens with two attached hydrogens (primary N) is 1. The average Bonchev–Trinajstić information content (AvgIpc) is 3.36. The van der Waals surface area contributed by atoms with E-state index in [0.717, 1.165) is 62.6 Å². The Morgan fingerprint density at radius 1 is 1.07 bits per heavy atom. The molecular formula is C33H49N3O5. The number of hydrogen-bond acceptors (Lipinski definition) is 7. The Hall–Kier alpha value is -2.94. The van der Waals surface area contributed by atoms with E-state index >= 15 is 0 Å². The molecule has 0 spiro atoms. The van der Waals surface area contributed by atoms with Gasteiger partial charge in [0.25, 0.3) is 0 Å². The van der Waals surface area contributed by atoms with Crippen molar-refractivity contribution in [3.05, 3.63) is 71.3 Å². The van der Waals surface area contributed by atoms with Gasteiger partial charge in [-0.1, -0.05) is 31.4 Å². The molecule has 2 heterocycles. The van der Waals surface area contributed by atoms with Gasteiger partial charge >= 0.3 is 0 Å². The van der Waals surface area contributed by atoms with Crippen molar-refractivity contribution in [3.63, 3.8) is 0 Å². The van der Waals surface area contributed by atoms with Crippen molar-refractivity contribution in [2.24, 2.45) is 23.5 Å². The zero-order valence-electron chi connectivity index (χ0n) is 24.2. The zero-order chi connectivity index (χ0) is 29.0. The van der Waals surface area contributed by atoms with Crippen LogP contribution >= 0.6 is 0 Å². The maximum absolute atomic E-state index is 10.8. The van der Waals surface area contributed by atoms with E-state index in [9.17, 15) is 20.4 Å². The second kappa shape index (κ2) is 15.9. The molecule has 41 heavy (non-hydrogen) atoms. The third kappa shape index (κ3) is 9.83. The number of phenolic OH excluding ortho intramolecular Hbond substituents is 1. The highest BCUT2D eigenvalue weighted by Gasteiger charge is 2.26. The lowest BCUT2D eigenvalue weighted by molar-refractivity contribution is 0.0351. The first-order valence-electron chi connectivity index (χ1n) is 15.4. The van der Waals surface area contributed by atoms with Gasteiger partial charge in [-0.15, -0.1) is 0 Å². The number of nitrogens with one attached hydrogen (secondary N) is 2. The minimum atomic E-state index is -0.591. The highest BCUT2D eigenvalue weighted by Crippen LogP contribution is 2.33. The fourth-order valence-corrected chi connectivity index (χ4v) is 6.33. The molecular weight excluding hydrogens is 518 g/mol. The van der Waals surface area contributed by atoms with Gasteiger partial charge in [-0.3, -0.25) is 0 Å². The number of aliphatic hydroxyl groups excluding tert-OH is 3. The second-order valence-corrected chi connectivity index (χ2v) is 11.9. The monoisotopic (exact) mass is 567 g/mol. The summed E-state index contributed by atoms with van der Waals surface area (Å²) in [6.07, 6.45) is 14.2. The van der Waals surface area contributed by atoms with E-state index in [1.807, 2.05) is 30.5 Å². The highest BCUT2D eigenvalue weighted by molar-refractivity contribution is 5.42. The number of allylic oxidation sites excluding steroid dienone is 2. The summed E-state index contributed by atoms with van der Waals surface area (Å²) in [5.41, 5.74) is 9.34. The van der Waals surface area contributed by atoms with E-state index in [1.54, 1.807) is 6.07 Å². The summed E-state index contributed by atoms with van der Waals surface area (Å²) in [5.74, 6) is 2.20. The SMILES string of the molecule is NC1=CC(C(CCOc2cc(CCC(O)CC(O)C3CCCC(CCO)CC3)ccc2O)Cc2ccc[nH]2)=CCN1. The van der Waals surface area contributed by atoms with Crippen molar-refractivity contribution < 1.29 is 25.2 Å². The number of phenols is 1. The average molecular weight is 568 g/mol. The van der Waals surface area contributed by atoms with Crippen LogP contribution in [0.4, 0.5) is 0 Å². The van der Waals surface area contributed by atoms with Crippen LogP contribution in [0.5, 0.6) is 11.5 Å². The van der Waals surface area contributed by atoms with Gasteiger partial charge in [-0.05, 0) is 111 Å². The third-order valence-corrected chi connectivity index (χ3v) is 8.81. The minimum Gasteiger partial charge on any atom is -0.504 e. The number of aromatic amines is 1. The van der Waals surface area contributed by atoms with Crippen molar-refractivity contribution in [2.45, 2.75) is 82.8 Å². The first-order chi connectivity index (χ1) is 19.9. The number of aliphatic hydroxyl groups is 3. The summed E-state index contributed by atoms with van der Waals surface area (Å²) in [7, 11) is 0. The summed E-state index contributed by atoms with van der Waals surface area (Å²) >= 11 is 0. The van der Waals surface area contributed by atoms with Crippen LogP contribution in [0.15, 0.2) is 60.1 Å². The smallest absolute Gasteiger partial charge is 0.161 e. The molecule has 8 nitrogen and oxygen atoms in total. The van der Waals surface area contributed by atoms with Crippen LogP contribution in [-0.4, -0.2) is 57.4 Å². The number of aromatic nitrogens is 1. The molecule has 1 aliphatic carbocycles. The molecule has 1 aromatic carbocycles. The van der Waals surface area contributed by atoms with Gasteiger partial charge in [0.15, 0.2) is 11.5 Å². The Labute approximate surface area is 244 Å². The van der Waals surface area contributed by atoms with Crippen LogP contribution in [0.25, 0.3) is 0 Å². The van der Waals surface area contributed by atoms with E-state index in [2.05, 4.69) is 22.4 Å². The Bertz CT molecular complexity index is 1120. The number of ether oxygens (including phenoxy) is 1. The molecule has 0 bridgehead atoms. The molecule has 1 saturated carbocycles. The largest absolute Gasteiger partial charge is 0.504 e. The molecule has 0 amide bonds. The molecule has 8 N–H and O–H groups in total. The van der Waals surface area contributed by atoms with E-state index in [1.165, 1.54) is 5.57 Å². The second-order valence-electron chi connectivity index (χ2n) is 11.9. The fraction of sp³-hybridized carbons (Fsp3) is 0.576. The Balaban J connectivity index is 1.26. The molecule has 8 heteroatoms. The molecule has 2 aromatic rings. The Morgan fingerprint density at radius 3 is 2.73 bits per heavy atom. The van der Waals surface area contributed by atoms with Crippen molar-refractivity contribution in [1.82, 2.24) is 10.3 Å². The number of H-pyrrole nitrogens is 1. The third-order valence-electron chi connectivity index (χ3n) is 8.81. The van der Waals surface area contributed by atoms with Gasteiger partial charge in [0.2, 0.25) is 0 Å². The van der Waals surface area contributed by atoms with Crippen molar-refractivity contribution in [2.75, 3.05) is 19.8 Å². The fourth-order valence-electron chi connectivity index (χ4n) is 6.33. The zero-order valence-corrected chi connectivity index (χ0v) is 24.2. The summed E-state index contributed by atoms with van der Waals surface area (Å²) in [5, 5.41) is 44.3. The van der Waals surface area contributed by atoms with Crippen molar-refractivity contribution in [1.29, 1.82) is 0 Å². The summed E-state index contributed by atoms with van der Waals surface area (Å²) in [6.45, 7) is 1.38. The quantitative estimate of drug-likeness (QED) is 0.159. The van der Waals surface area contributed by atoms with Crippen LogP contribution in [0.1, 0.15) is 69.0 Å². The Morgan fingerprint density at radius 2 is 1.95 bits per heavy atom. The van der Waals surface area contributed by atoms with Crippen LogP contribution < -0.4 is 15.8 Å². The van der Waals surface area contributed by atoms with E-state index < -0.39 is 12.2 Å². The lowest BCUT2D eigenvalue weighted by Crippen LogP contribution is -2.26. The maximum Gasteiger partial charge on any atom is 0.161 e. The molecule has 1 aliphatic heterocycles. The number of rotatable bonds is 15. The molecule has 1 fully saturated rings.